The minimum atomic E-state index is 0.609. The monoisotopic (exact) mass is 245 g/mol. The maximum atomic E-state index is 5.81. The first-order valence-electron chi connectivity index (χ1n) is 6.53. The van der Waals surface area contributed by atoms with Gasteiger partial charge in [0.2, 0.25) is 0 Å². The van der Waals surface area contributed by atoms with Gasteiger partial charge < -0.3 is 10.1 Å². The summed E-state index contributed by atoms with van der Waals surface area (Å²) < 4.78 is 7.73. The highest BCUT2D eigenvalue weighted by Crippen LogP contribution is 2.18. The molecular formula is C14H19N3O. The van der Waals surface area contributed by atoms with E-state index in [1.165, 1.54) is 17.3 Å². The molecule has 2 heterocycles. The van der Waals surface area contributed by atoms with Gasteiger partial charge in [0.1, 0.15) is 0 Å². The van der Waals surface area contributed by atoms with E-state index in [-0.39, 0.29) is 0 Å². The second kappa shape index (κ2) is 5.08. The number of hydrogen-bond acceptors (Lipinski definition) is 3. The van der Waals surface area contributed by atoms with Crippen molar-refractivity contribution in [3.05, 3.63) is 30.0 Å². The molecule has 4 nitrogen and oxygen atoms in total. The summed E-state index contributed by atoms with van der Waals surface area (Å²) in [6, 6.07) is 8.29. The van der Waals surface area contributed by atoms with E-state index >= 15 is 0 Å². The largest absolute Gasteiger partial charge is 0.375 e. The molecule has 0 amide bonds. The van der Waals surface area contributed by atoms with E-state index < -0.39 is 0 Å². The molecule has 0 radical (unpaired) electrons. The van der Waals surface area contributed by atoms with Crippen molar-refractivity contribution in [3.8, 4) is 0 Å². The lowest BCUT2D eigenvalue weighted by Crippen LogP contribution is -2.13. The van der Waals surface area contributed by atoms with Crippen molar-refractivity contribution in [1.29, 1.82) is 0 Å². The summed E-state index contributed by atoms with van der Waals surface area (Å²) in [7, 11) is 1.98. The summed E-state index contributed by atoms with van der Waals surface area (Å²) in [4.78, 5) is 0. The predicted octanol–water partition coefficient (Wildman–Crippen LogP) is 1.70. The van der Waals surface area contributed by atoms with E-state index in [0.717, 1.165) is 25.4 Å². The molecule has 1 unspecified atom stereocenters. The number of nitrogens with zero attached hydrogens (tertiary/aromatic N) is 2. The van der Waals surface area contributed by atoms with E-state index in [2.05, 4.69) is 28.6 Å². The number of rotatable bonds is 4. The first-order chi connectivity index (χ1) is 8.84. The highest BCUT2D eigenvalue weighted by molar-refractivity contribution is 5.81. The number of aryl methyl sites for hydroxylation is 1. The molecule has 1 saturated heterocycles. The highest BCUT2D eigenvalue weighted by atomic mass is 16.5. The number of benzene rings is 1. The smallest absolute Gasteiger partial charge is 0.0960 e. The second-order valence-electron chi connectivity index (χ2n) is 4.96. The van der Waals surface area contributed by atoms with Gasteiger partial charge in [0, 0.05) is 19.0 Å². The standard InChI is InChI=1S/C14H19N3O/c1-17-14-5-3-2-4-12(14)13(16-17)10-18-9-11-6-7-15-8-11/h2-5,11,15H,6-10H2,1H3. The maximum absolute atomic E-state index is 5.81. The Labute approximate surface area is 107 Å². The van der Waals surface area contributed by atoms with E-state index in [0.29, 0.717) is 12.5 Å². The fourth-order valence-corrected chi connectivity index (χ4v) is 2.57. The summed E-state index contributed by atoms with van der Waals surface area (Å²) in [6.45, 7) is 3.65. The molecule has 18 heavy (non-hydrogen) atoms. The molecule has 2 aromatic rings. The molecule has 0 saturated carbocycles. The Kier molecular flexibility index (Phi) is 3.30. The van der Waals surface area contributed by atoms with Crippen LogP contribution in [0.3, 0.4) is 0 Å². The van der Waals surface area contributed by atoms with Crippen LogP contribution >= 0.6 is 0 Å². The van der Waals surface area contributed by atoms with E-state index in [1.54, 1.807) is 0 Å². The molecule has 3 rings (SSSR count). The fourth-order valence-electron chi connectivity index (χ4n) is 2.57. The van der Waals surface area contributed by atoms with Gasteiger partial charge in [-0.1, -0.05) is 18.2 Å². The zero-order chi connectivity index (χ0) is 12.4. The van der Waals surface area contributed by atoms with Crippen LogP contribution in [-0.4, -0.2) is 29.5 Å². The molecule has 1 aromatic heterocycles. The molecule has 1 atom stereocenters. The number of para-hydroxylation sites is 1. The van der Waals surface area contributed by atoms with Crippen LogP contribution in [0, 0.1) is 5.92 Å². The van der Waals surface area contributed by atoms with Gasteiger partial charge in [-0.2, -0.15) is 5.10 Å². The maximum Gasteiger partial charge on any atom is 0.0960 e. The molecule has 4 heteroatoms. The third kappa shape index (κ3) is 2.26. The topological polar surface area (TPSA) is 39.1 Å². The second-order valence-corrected chi connectivity index (χ2v) is 4.96. The minimum absolute atomic E-state index is 0.609. The van der Waals surface area contributed by atoms with Gasteiger partial charge >= 0.3 is 0 Å². The normalized spacial score (nSPS) is 19.7. The van der Waals surface area contributed by atoms with Crippen LogP contribution < -0.4 is 5.32 Å². The van der Waals surface area contributed by atoms with Gasteiger partial charge in [0.05, 0.1) is 24.4 Å². The Balaban J connectivity index is 1.67. The molecular weight excluding hydrogens is 226 g/mol. The van der Waals surface area contributed by atoms with Gasteiger partial charge in [-0.05, 0) is 24.9 Å². The molecule has 0 aliphatic carbocycles. The molecule has 1 aliphatic heterocycles. The Hall–Kier alpha value is -1.39. The van der Waals surface area contributed by atoms with Crippen molar-refractivity contribution < 1.29 is 4.74 Å². The lowest BCUT2D eigenvalue weighted by atomic mass is 10.1. The van der Waals surface area contributed by atoms with Crippen LogP contribution in [0.5, 0.6) is 0 Å². The van der Waals surface area contributed by atoms with Crippen LogP contribution in [0.25, 0.3) is 10.9 Å². The molecule has 96 valence electrons. The van der Waals surface area contributed by atoms with Crippen molar-refractivity contribution >= 4 is 10.9 Å². The number of ether oxygens (including phenoxy) is 1. The molecule has 0 spiro atoms. The SMILES string of the molecule is Cn1nc(COCC2CCNC2)c2ccccc21. The molecule has 0 bridgehead atoms. The summed E-state index contributed by atoms with van der Waals surface area (Å²) >= 11 is 0. The summed E-state index contributed by atoms with van der Waals surface area (Å²) in [5.41, 5.74) is 2.21. The number of fused-ring (bicyclic) bond motifs is 1. The Bertz CT molecular complexity index is 529. The summed E-state index contributed by atoms with van der Waals surface area (Å²) in [5.74, 6) is 0.667. The van der Waals surface area contributed by atoms with Gasteiger partial charge in [-0.25, -0.2) is 0 Å². The average Bonchev–Trinajstić information content (AvgIpc) is 3.00. The first-order valence-corrected chi connectivity index (χ1v) is 6.53. The molecule has 1 fully saturated rings. The summed E-state index contributed by atoms with van der Waals surface area (Å²) in [5, 5.41) is 9.08. The Morgan fingerprint density at radius 3 is 3.17 bits per heavy atom. The van der Waals surface area contributed by atoms with Crippen LogP contribution in [0.2, 0.25) is 0 Å². The fraction of sp³-hybridized carbons (Fsp3) is 0.500. The molecule has 1 aliphatic rings. The van der Waals surface area contributed by atoms with Gasteiger partial charge in [-0.3, -0.25) is 4.68 Å². The van der Waals surface area contributed by atoms with Crippen LogP contribution in [0.4, 0.5) is 0 Å². The van der Waals surface area contributed by atoms with Crippen molar-refractivity contribution in [1.82, 2.24) is 15.1 Å². The highest BCUT2D eigenvalue weighted by Gasteiger charge is 2.15. The lowest BCUT2D eigenvalue weighted by molar-refractivity contribution is 0.0906. The third-order valence-corrected chi connectivity index (χ3v) is 3.59. The third-order valence-electron chi connectivity index (χ3n) is 3.59. The first kappa shape index (κ1) is 11.7. The van der Waals surface area contributed by atoms with Gasteiger partial charge in [-0.15, -0.1) is 0 Å². The minimum Gasteiger partial charge on any atom is -0.375 e. The molecule has 1 N–H and O–H groups in total. The van der Waals surface area contributed by atoms with Gasteiger partial charge in [0.25, 0.3) is 0 Å². The van der Waals surface area contributed by atoms with Crippen LogP contribution in [0.15, 0.2) is 24.3 Å². The van der Waals surface area contributed by atoms with Crippen molar-refractivity contribution in [2.45, 2.75) is 13.0 Å². The van der Waals surface area contributed by atoms with E-state index in [4.69, 9.17) is 4.74 Å². The predicted molar refractivity (Wildman–Crippen MR) is 71.3 cm³/mol. The van der Waals surface area contributed by atoms with Crippen LogP contribution in [0.1, 0.15) is 12.1 Å². The summed E-state index contributed by atoms with van der Waals surface area (Å²) in [6.07, 6.45) is 1.23. The van der Waals surface area contributed by atoms with Crippen molar-refractivity contribution in [2.75, 3.05) is 19.7 Å². The lowest BCUT2D eigenvalue weighted by Gasteiger charge is -2.08. The Morgan fingerprint density at radius 2 is 2.33 bits per heavy atom. The average molecular weight is 245 g/mol. The van der Waals surface area contributed by atoms with Crippen LogP contribution in [-0.2, 0) is 18.4 Å². The van der Waals surface area contributed by atoms with Crippen molar-refractivity contribution in [2.24, 2.45) is 13.0 Å². The number of nitrogens with one attached hydrogen (secondary N) is 1. The zero-order valence-corrected chi connectivity index (χ0v) is 10.7. The van der Waals surface area contributed by atoms with Gasteiger partial charge in [0.15, 0.2) is 0 Å². The Morgan fingerprint density at radius 1 is 1.44 bits per heavy atom. The van der Waals surface area contributed by atoms with E-state index in [9.17, 15) is 0 Å². The van der Waals surface area contributed by atoms with E-state index in [1.807, 2.05) is 17.8 Å². The zero-order valence-electron chi connectivity index (χ0n) is 10.7. The molecule has 1 aromatic carbocycles. The van der Waals surface area contributed by atoms with Crippen molar-refractivity contribution in [3.63, 3.8) is 0 Å². The number of aromatic nitrogens is 2. The number of hydrogen-bond donors (Lipinski definition) is 1. The quantitative estimate of drug-likeness (QED) is 0.891.